The van der Waals surface area contributed by atoms with Crippen LogP contribution in [0.2, 0.25) is 0 Å². The van der Waals surface area contributed by atoms with Crippen molar-refractivity contribution in [3.63, 3.8) is 0 Å². The van der Waals surface area contributed by atoms with Gasteiger partial charge in [-0.05, 0) is 73.0 Å². The predicted octanol–water partition coefficient (Wildman–Crippen LogP) is 5.43. The Bertz CT molecular complexity index is 971. The molecule has 0 radical (unpaired) electrons. The van der Waals surface area contributed by atoms with Crippen LogP contribution >= 0.6 is 0 Å². The SMILES string of the molecule is CC(=O)NC[C@H](C)CCC(=O)[C@H](C)[C@H]1C(=O)C[C@H]2[C@@H]3CC=C4C[C@@H](OC(C)=O)CC[C@]4(C)[C@H]3CC[C@]12C. The lowest BCUT2D eigenvalue weighted by Crippen LogP contribution is -2.51. The first-order chi connectivity index (χ1) is 17.4. The molecule has 1 N–H and O–H groups in total. The monoisotopic (exact) mass is 513 g/mol. The largest absolute Gasteiger partial charge is 0.462 e. The third-order valence-corrected chi connectivity index (χ3v) is 10.9. The van der Waals surface area contributed by atoms with Crippen molar-refractivity contribution in [3.8, 4) is 0 Å². The highest BCUT2D eigenvalue weighted by Crippen LogP contribution is 2.66. The zero-order valence-electron chi connectivity index (χ0n) is 23.7. The van der Waals surface area contributed by atoms with E-state index in [2.05, 4.69) is 32.2 Å². The molecule has 0 heterocycles. The van der Waals surface area contributed by atoms with E-state index < -0.39 is 0 Å². The molecule has 4 aliphatic rings. The fraction of sp³-hybridized carbons (Fsp3) is 0.806. The van der Waals surface area contributed by atoms with Gasteiger partial charge >= 0.3 is 5.97 Å². The second kappa shape index (κ2) is 10.6. The average Bonchev–Trinajstić information content (AvgIpc) is 3.10. The molecule has 4 rings (SSSR count). The van der Waals surface area contributed by atoms with E-state index in [9.17, 15) is 19.2 Å². The Balaban J connectivity index is 1.45. The second-order valence-corrected chi connectivity index (χ2v) is 13.3. The molecule has 3 fully saturated rings. The smallest absolute Gasteiger partial charge is 0.302 e. The van der Waals surface area contributed by atoms with Crippen molar-refractivity contribution < 1.29 is 23.9 Å². The predicted molar refractivity (Wildman–Crippen MR) is 142 cm³/mol. The van der Waals surface area contributed by atoms with Crippen LogP contribution < -0.4 is 5.32 Å². The summed E-state index contributed by atoms with van der Waals surface area (Å²) in [6.45, 7) is 12.3. The van der Waals surface area contributed by atoms with Crippen molar-refractivity contribution in [1.29, 1.82) is 0 Å². The maximum absolute atomic E-state index is 13.5. The molecule has 37 heavy (non-hydrogen) atoms. The van der Waals surface area contributed by atoms with Crippen LogP contribution in [0.15, 0.2) is 11.6 Å². The number of allylic oxidation sites excluding steroid dienone is 1. The lowest BCUT2D eigenvalue weighted by atomic mass is 9.47. The molecule has 0 saturated heterocycles. The molecule has 0 aromatic heterocycles. The van der Waals surface area contributed by atoms with E-state index >= 15 is 0 Å². The number of esters is 1. The van der Waals surface area contributed by atoms with Crippen molar-refractivity contribution in [1.82, 2.24) is 5.32 Å². The summed E-state index contributed by atoms with van der Waals surface area (Å²) in [5.74, 6) is 1.40. The topological polar surface area (TPSA) is 89.5 Å². The number of amides is 1. The molecule has 6 heteroatoms. The second-order valence-electron chi connectivity index (χ2n) is 13.3. The standard InChI is InChI=1S/C31H47NO5/c1-18(17-32-20(3)33)7-10-27(35)19(2)29-28(36)16-26-24-9-8-22-15-23(37-21(4)34)11-13-30(22,5)25(24)12-14-31(26,29)6/h8,18-19,23-26,29H,7,9-17H2,1-6H3,(H,32,33)/t18-,19+,23+,24-,25+,26+,29+,30+,31+/m1/s1. The lowest BCUT2D eigenvalue weighted by molar-refractivity contribution is -0.148. The number of ether oxygens (including phenoxy) is 1. The van der Waals surface area contributed by atoms with Gasteiger partial charge < -0.3 is 10.1 Å². The van der Waals surface area contributed by atoms with Gasteiger partial charge in [-0.2, -0.15) is 0 Å². The Kier molecular flexibility index (Phi) is 8.07. The molecular weight excluding hydrogens is 466 g/mol. The fourth-order valence-electron chi connectivity index (χ4n) is 8.86. The van der Waals surface area contributed by atoms with E-state index in [0.717, 1.165) is 44.9 Å². The number of nitrogens with one attached hydrogen (secondary N) is 1. The van der Waals surface area contributed by atoms with Gasteiger partial charge in [0.25, 0.3) is 0 Å². The Labute approximate surface area is 222 Å². The number of Topliss-reactive ketones (excluding diaryl/α,β-unsaturated/α-hetero) is 2. The molecule has 0 bridgehead atoms. The molecule has 3 saturated carbocycles. The van der Waals surface area contributed by atoms with Crippen LogP contribution in [0, 0.1) is 46.3 Å². The van der Waals surface area contributed by atoms with Crippen LogP contribution in [-0.2, 0) is 23.9 Å². The number of carbonyl (C=O) groups is 4. The Morgan fingerprint density at radius 2 is 1.81 bits per heavy atom. The lowest BCUT2D eigenvalue weighted by Gasteiger charge is -2.58. The number of carbonyl (C=O) groups excluding carboxylic acids is 4. The van der Waals surface area contributed by atoms with Crippen LogP contribution in [0.5, 0.6) is 0 Å². The molecule has 206 valence electrons. The van der Waals surface area contributed by atoms with Gasteiger partial charge in [0.2, 0.25) is 5.91 Å². The van der Waals surface area contributed by atoms with Crippen LogP contribution in [0.25, 0.3) is 0 Å². The first-order valence-electron chi connectivity index (χ1n) is 14.5. The van der Waals surface area contributed by atoms with Crippen LogP contribution in [0.1, 0.15) is 99.3 Å². The van der Waals surface area contributed by atoms with Gasteiger partial charge in [0.05, 0.1) is 0 Å². The fourth-order valence-corrected chi connectivity index (χ4v) is 8.86. The van der Waals surface area contributed by atoms with Gasteiger partial charge in [0.1, 0.15) is 17.7 Å². The minimum Gasteiger partial charge on any atom is -0.462 e. The van der Waals surface area contributed by atoms with Crippen LogP contribution in [0.3, 0.4) is 0 Å². The molecule has 0 unspecified atom stereocenters. The average molecular weight is 514 g/mol. The third kappa shape index (κ3) is 5.31. The van der Waals surface area contributed by atoms with Gasteiger partial charge in [0.15, 0.2) is 0 Å². The van der Waals surface area contributed by atoms with E-state index in [1.807, 2.05) is 6.92 Å². The molecule has 4 aliphatic carbocycles. The maximum Gasteiger partial charge on any atom is 0.302 e. The quantitative estimate of drug-likeness (QED) is 0.345. The van der Waals surface area contributed by atoms with Gasteiger partial charge in [-0.3, -0.25) is 19.2 Å². The van der Waals surface area contributed by atoms with Gasteiger partial charge in [-0.1, -0.05) is 39.3 Å². The van der Waals surface area contributed by atoms with E-state index in [1.54, 1.807) is 0 Å². The molecule has 0 aromatic carbocycles. The van der Waals surface area contributed by atoms with E-state index in [1.165, 1.54) is 19.4 Å². The van der Waals surface area contributed by atoms with Crippen LogP contribution in [0.4, 0.5) is 0 Å². The highest BCUT2D eigenvalue weighted by atomic mass is 16.5. The van der Waals surface area contributed by atoms with Crippen molar-refractivity contribution >= 4 is 23.4 Å². The summed E-state index contributed by atoms with van der Waals surface area (Å²) < 4.78 is 5.57. The van der Waals surface area contributed by atoms with Crippen molar-refractivity contribution in [3.05, 3.63) is 11.6 Å². The van der Waals surface area contributed by atoms with Gasteiger partial charge in [-0.25, -0.2) is 0 Å². The molecule has 1 amide bonds. The van der Waals surface area contributed by atoms with Crippen molar-refractivity contribution in [2.24, 2.45) is 46.3 Å². The minimum absolute atomic E-state index is 0.00695. The van der Waals surface area contributed by atoms with E-state index in [0.29, 0.717) is 42.9 Å². The minimum atomic E-state index is -0.253. The molecule has 0 spiro atoms. The molecule has 6 nitrogen and oxygen atoms in total. The van der Waals surface area contributed by atoms with Crippen molar-refractivity contribution in [2.45, 2.75) is 105 Å². The zero-order valence-corrected chi connectivity index (χ0v) is 23.7. The third-order valence-electron chi connectivity index (χ3n) is 10.9. The maximum atomic E-state index is 13.5. The number of ketones is 2. The molecule has 0 aromatic rings. The number of hydrogen-bond acceptors (Lipinski definition) is 5. The summed E-state index contributed by atoms with van der Waals surface area (Å²) in [6, 6.07) is 0. The normalized spacial score (nSPS) is 38.4. The van der Waals surface area contributed by atoms with E-state index in [4.69, 9.17) is 4.74 Å². The number of fused-ring (bicyclic) bond motifs is 5. The summed E-state index contributed by atoms with van der Waals surface area (Å²) in [5, 5.41) is 2.83. The Morgan fingerprint density at radius 3 is 2.49 bits per heavy atom. The van der Waals surface area contributed by atoms with Crippen molar-refractivity contribution in [2.75, 3.05) is 6.54 Å². The van der Waals surface area contributed by atoms with Gasteiger partial charge in [0, 0.05) is 51.5 Å². The summed E-state index contributed by atoms with van der Waals surface area (Å²) in [4.78, 5) is 49.5. The van der Waals surface area contributed by atoms with Crippen LogP contribution in [-0.4, -0.2) is 36.1 Å². The Hall–Kier alpha value is -1.98. The highest BCUT2D eigenvalue weighted by Gasteiger charge is 2.62. The summed E-state index contributed by atoms with van der Waals surface area (Å²) >= 11 is 0. The summed E-state index contributed by atoms with van der Waals surface area (Å²) in [5.41, 5.74) is 1.45. The summed E-state index contributed by atoms with van der Waals surface area (Å²) in [6.07, 6.45) is 10.1. The number of hydrogen-bond donors (Lipinski definition) is 1. The van der Waals surface area contributed by atoms with Gasteiger partial charge in [-0.15, -0.1) is 0 Å². The summed E-state index contributed by atoms with van der Waals surface area (Å²) in [7, 11) is 0. The molecular formula is C31H47NO5. The molecule has 9 atom stereocenters. The molecule has 0 aliphatic heterocycles. The number of rotatable bonds is 8. The first-order valence-corrected chi connectivity index (χ1v) is 14.5. The van der Waals surface area contributed by atoms with E-state index in [-0.39, 0.29) is 52.3 Å². The zero-order chi connectivity index (χ0) is 27.1. The Morgan fingerprint density at radius 1 is 1.08 bits per heavy atom. The first kappa shape index (κ1) is 28.0. The highest BCUT2D eigenvalue weighted by molar-refractivity contribution is 5.92.